The van der Waals surface area contributed by atoms with Crippen LogP contribution in [0, 0.1) is 12.8 Å². The summed E-state index contributed by atoms with van der Waals surface area (Å²) in [4.78, 5) is 18.1. The van der Waals surface area contributed by atoms with Gasteiger partial charge in [0.1, 0.15) is 6.26 Å². The van der Waals surface area contributed by atoms with Crippen molar-refractivity contribution < 1.29 is 9.21 Å². The monoisotopic (exact) mass is 292 g/mol. The highest BCUT2D eigenvalue weighted by atomic mass is 35.5. The number of nitrogens with zero attached hydrogens (tertiary/aromatic N) is 2. The molecule has 2 rings (SSSR count). The van der Waals surface area contributed by atoms with Crippen LogP contribution in [0.1, 0.15) is 25.1 Å². The Kier molecular flexibility index (Phi) is 4.45. The lowest BCUT2D eigenvalue weighted by molar-refractivity contribution is -0.121. The second-order valence-corrected chi connectivity index (χ2v) is 5.42. The maximum atomic E-state index is 12.3. The second-order valence-electron chi connectivity index (χ2n) is 4.98. The molecule has 0 atom stereocenters. The molecule has 106 valence electrons. The lowest BCUT2D eigenvalue weighted by atomic mass is 10.1. The number of carbonyl (C=O) groups excluding carboxylic acids is 1. The standard InChI is InChI=1S/C15H17ClN2O2/c1-10(2)14(19)18(15-17-11(3)9-20-15)8-12-5-4-6-13(16)7-12/h4-7,9-10H,8H2,1-3H3. The molecule has 1 amide bonds. The third-order valence-corrected chi connectivity index (χ3v) is 3.06. The topological polar surface area (TPSA) is 46.3 Å². The van der Waals surface area contributed by atoms with Crippen molar-refractivity contribution in [3.05, 3.63) is 46.8 Å². The van der Waals surface area contributed by atoms with Gasteiger partial charge in [-0.2, -0.15) is 4.98 Å². The molecule has 0 aliphatic rings. The zero-order valence-corrected chi connectivity index (χ0v) is 12.5. The number of hydrogen-bond donors (Lipinski definition) is 0. The highest BCUT2D eigenvalue weighted by molar-refractivity contribution is 6.30. The first-order valence-corrected chi connectivity index (χ1v) is 6.83. The minimum atomic E-state index is -0.138. The summed E-state index contributed by atoms with van der Waals surface area (Å²) in [7, 11) is 0. The van der Waals surface area contributed by atoms with Crippen LogP contribution in [0.2, 0.25) is 5.02 Å². The number of aryl methyl sites for hydroxylation is 1. The molecule has 0 aliphatic heterocycles. The summed E-state index contributed by atoms with van der Waals surface area (Å²) in [6, 6.07) is 7.73. The fraction of sp³-hybridized carbons (Fsp3) is 0.333. The molecule has 1 aromatic heterocycles. The van der Waals surface area contributed by atoms with Crippen molar-refractivity contribution in [1.29, 1.82) is 0 Å². The van der Waals surface area contributed by atoms with E-state index in [1.807, 2.05) is 39.0 Å². The Balaban J connectivity index is 2.30. The Hall–Kier alpha value is -1.81. The highest BCUT2D eigenvalue weighted by Crippen LogP contribution is 2.20. The molecule has 4 nitrogen and oxygen atoms in total. The maximum Gasteiger partial charge on any atom is 0.304 e. The molecule has 0 spiro atoms. The van der Waals surface area contributed by atoms with Gasteiger partial charge >= 0.3 is 6.01 Å². The van der Waals surface area contributed by atoms with Gasteiger partial charge in [-0.15, -0.1) is 0 Å². The van der Waals surface area contributed by atoms with Gasteiger partial charge in [0.2, 0.25) is 5.91 Å². The van der Waals surface area contributed by atoms with E-state index in [2.05, 4.69) is 4.98 Å². The van der Waals surface area contributed by atoms with Gasteiger partial charge in [-0.05, 0) is 24.6 Å². The van der Waals surface area contributed by atoms with E-state index in [9.17, 15) is 4.79 Å². The fourth-order valence-corrected chi connectivity index (χ4v) is 2.05. The van der Waals surface area contributed by atoms with Gasteiger partial charge in [0.25, 0.3) is 0 Å². The number of anilines is 1. The van der Waals surface area contributed by atoms with Gasteiger partial charge in [-0.1, -0.05) is 37.6 Å². The first-order chi connectivity index (χ1) is 9.47. The second kappa shape index (κ2) is 6.09. The van der Waals surface area contributed by atoms with E-state index in [1.54, 1.807) is 11.0 Å². The van der Waals surface area contributed by atoms with Crippen molar-refractivity contribution in [2.24, 2.45) is 5.92 Å². The molecule has 1 aromatic carbocycles. The summed E-state index contributed by atoms with van der Waals surface area (Å²) in [6.07, 6.45) is 1.54. The Bertz CT molecular complexity index is 607. The molecule has 0 radical (unpaired) electrons. The number of halogens is 1. The van der Waals surface area contributed by atoms with E-state index in [0.717, 1.165) is 11.3 Å². The molecule has 5 heteroatoms. The first kappa shape index (κ1) is 14.6. The van der Waals surface area contributed by atoms with Crippen molar-refractivity contribution in [2.75, 3.05) is 4.90 Å². The molecule has 0 N–H and O–H groups in total. The molecule has 0 fully saturated rings. The first-order valence-electron chi connectivity index (χ1n) is 6.45. The maximum absolute atomic E-state index is 12.3. The van der Waals surface area contributed by atoms with E-state index < -0.39 is 0 Å². The Morgan fingerprint density at radius 1 is 1.45 bits per heavy atom. The van der Waals surface area contributed by atoms with E-state index in [-0.39, 0.29) is 11.8 Å². The summed E-state index contributed by atoms with van der Waals surface area (Å²) < 4.78 is 5.36. The lowest BCUT2D eigenvalue weighted by Crippen LogP contribution is -2.34. The smallest absolute Gasteiger partial charge is 0.304 e. The van der Waals surface area contributed by atoms with Crippen LogP contribution in [0.25, 0.3) is 0 Å². The van der Waals surface area contributed by atoms with Crippen LogP contribution < -0.4 is 4.90 Å². The molecule has 1 heterocycles. The van der Waals surface area contributed by atoms with Crippen molar-refractivity contribution in [1.82, 2.24) is 4.98 Å². The summed E-state index contributed by atoms with van der Waals surface area (Å²) in [5.74, 6) is -0.173. The largest absolute Gasteiger partial charge is 0.431 e. The predicted octanol–water partition coefficient (Wildman–Crippen LogP) is 3.83. The number of carbonyl (C=O) groups is 1. The number of amides is 1. The summed E-state index contributed by atoms with van der Waals surface area (Å²) in [5, 5.41) is 0.642. The quantitative estimate of drug-likeness (QED) is 0.860. The Morgan fingerprint density at radius 3 is 2.75 bits per heavy atom. The lowest BCUT2D eigenvalue weighted by Gasteiger charge is -2.20. The number of aromatic nitrogens is 1. The predicted molar refractivity (Wildman–Crippen MR) is 78.7 cm³/mol. The van der Waals surface area contributed by atoms with E-state index >= 15 is 0 Å². The molecule has 0 aliphatic carbocycles. The van der Waals surface area contributed by atoms with Crippen LogP contribution in [0.3, 0.4) is 0 Å². The van der Waals surface area contributed by atoms with Gasteiger partial charge in [0, 0.05) is 10.9 Å². The molecule has 2 aromatic rings. The Morgan fingerprint density at radius 2 is 2.20 bits per heavy atom. The van der Waals surface area contributed by atoms with Crippen LogP contribution in [0.15, 0.2) is 34.9 Å². The number of benzene rings is 1. The molecule has 0 saturated carbocycles. The van der Waals surface area contributed by atoms with E-state index in [0.29, 0.717) is 17.6 Å². The van der Waals surface area contributed by atoms with Gasteiger partial charge in [0.15, 0.2) is 0 Å². The third-order valence-electron chi connectivity index (χ3n) is 2.83. The molecule has 0 saturated heterocycles. The van der Waals surface area contributed by atoms with Crippen molar-refractivity contribution >= 4 is 23.5 Å². The minimum absolute atomic E-state index is 0.0353. The average Bonchev–Trinajstić information content (AvgIpc) is 2.81. The van der Waals surface area contributed by atoms with Gasteiger partial charge < -0.3 is 4.42 Å². The number of rotatable bonds is 4. The van der Waals surface area contributed by atoms with Gasteiger partial charge in [-0.3, -0.25) is 9.69 Å². The average molecular weight is 293 g/mol. The minimum Gasteiger partial charge on any atom is -0.431 e. The number of oxazole rings is 1. The summed E-state index contributed by atoms with van der Waals surface area (Å²) >= 11 is 5.98. The molecule has 0 bridgehead atoms. The fourth-order valence-electron chi connectivity index (χ4n) is 1.83. The van der Waals surface area contributed by atoms with Crippen LogP contribution in [-0.4, -0.2) is 10.9 Å². The van der Waals surface area contributed by atoms with Crippen LogP contribution in [0.5, 0.6) is 0 Å². The molecule has 0 unspecified atom stereocenters. The normalized spacial score (nSPS) is 10.8. The summed E-state index contributed by atoms with van der Waals surface area (Å²) in [6.45, 7) is 5.91. The number of hydrogen-bond acceptors (Lipinski definition) is 3. The molecular formula is C15H17ClN2O2. The van der Waals surface area contributed by atoms with E-state index in [4.69, 9.17) is 16.0 Å². The van der Waals surface area contributed by atoms with Crippen LogP contribution in [-0.2, 0) is 11.3 Å². The summed E-state index contributed by atoms with van der Waals surface area (Å²) in [5.41, 5.74) is 1.68. The van der Waals surface area contributed by atoms with Gasteiger partial charge in [-0.25, -0.2) is 0 Å². The molecule has 20 heavy (non-hydrogen) atoms. The zero-order chi connectivity index (χ0) is 14.7. The highest BCUT2D eigenvalue weighted by Gasteiger charge is 2.23. The van der Waals surface area contributed by atoms with Crippen molar-refractivity contribution in [2.45, 2.75) is 27.3 Å². The zero-order valence-electron chi connectivity index (χ0n) is 11.8. The molecular weight excluding hydrogens is 276 g/mol. The third kappa shape index (κ3) is 3.39. The van der Waals surface area contributed by atoms with Crippen molar-refractivity contribution in [3.8, 4) is 0 Å². The van der Waals surface area contributed by atoms with Crippen molar-refractivity contribution in [3.63, 3.8) is 0 Å². The van der Waals surface area contributed by atoms with E-state index in [1.165, 1.54) is 6.26 Å². The SMILES string of the molecule is Cc1coc(N(Cc2cccc(Cl)c2)C(=O)C(C)C)n1. The van der Waals surface area contributed by atoms with Gasteiger partial charge in [0.05, 0.1) is 12.2 Å². The Labute approximate surface area is 123 Å². The van der Waals surface area contributed by atoms with Crippen LogP contribution >= 0.6 is 11.6 Å². The van der Waals surface area contributed by atoms with Crippen LogP contribution in [0.4, 0.5) is 6.01 Å².